The molecule has 8 heteroatoms. The van der Waals surface area contributed by atoms with E-state index >= 15 is 0 Å². The smallest absolute Gasteiger partial charge is 0.414 e. The number of rotatable bonds is 2. The third-order valence-electron chi connectivity index (χ3n) is 5.58. The molecule has 30 heavy (non-hydrogen) atoms. The molecule has 0 bridgehead atoms. The van der Waals surface area contributed by atoms with Crippen LogP contribution in [0.15, 0.2) is 18.2 Å². The van der Waals surface area contributed by atoms with Crippen molar-refractivity contribution in [3.05, 3.63) is 23.8 Å². The first kappa shape index (κ1) is 22.4. The van der Waals surface area contributed by atoms with Gasteiger partial charge in [0.1, 0.15) is 0 Å². The summed E-state index contributed by atoms with van der Waals surface area (Å²) in [5.74, 6) is 0.281. The highest BCUT2D eigenvalue weighted by molar-refractivity contribution is 6.00. The highest BCUT2D eigenvalue weighted by Gasteiger charge is 2.38. The number of anilines is 2. The minimum absolute atomic E-state index is 0.0210. The second kappa shape index (κ2) is 8.43. The molecule has 1 N–H and O–H groups in total. The fraction of sp³-hybridized carbons (Fsp3) is 0.636. The van der Waals surface area contributed by atoms with Crippen LogP contribution in [0, 0.1) is 0 Å². The highest BCUT2D eigenvalue weighted by atomic mass is 16.6. The second-order valence-electron chi connectivity index (χ2n) is 9.32. The number of nitrogens with zero attached hydrogens (tertiary/aromatic N) is 3. The summed E-state index contributed by atoms with van der Waals surface area (Å²) in [5.41, 5.74) is 5.95. The van der Waals surface area contributed by atoms with Gasteiger partial charge in [-0.2, -0.15) is 0 Å². The molecule has 3 rings (SSSR count). The number of amides is 2. The molecule has 0 spiro atoms. The van der Waals surface area contributed by atoms with Crippen LogP contribution in [-0.4, -0.2) is 61.6 Å². The molecule has 1 saturated heterocycles. The molecule has 1 aromatic rings. The Morgan fingerprint density at radius 1 is 1.13 bits per heavy atom. The average Bonchev–Trinajstić information content (AvgIpc) is 3.16. The van der Waals surface area contributed by atoms with E-state index < -0.39 is 12.2 Å². The Kier molecular flexibility index (Phi) is 6.29. The largest absolute Gasteiger partial charge is 0.452 e. The normalized spacial score (nSPS) is 22.3. The van der Waals surface area contributed by atoms with Crippen LogP contribution in [0.2, 0.25) is 0 Å². The lowest BCUT2D eigenvalue weighted by Gasteiger charge is -2.40. The summed E-state index contributed by atoms with van der Waals surface area (Å²) in [5, 5.41) is 2.24. The average molecular weight is 419 g/mol. The lowest BCUT2D eigenvalue weighted by atomic mass is 9.96. The Hall–Kier alpha value is -2.32. The molecule has 1 unspecified atom stereocenters. The first-order valence-electron chi connectivity index (χ1n) is 10.5. The maximum Gasteiger partial charge on any atom is 0.414 e. The van der Waals surface area contributed by atoms with Crippen LogP contribution < -0.4 is 15.2 Å². The molecule has 8 nitrogen and oxygen atoms in total. The number of hydrogen-bond acceptors (Lipinski definition) is 6. The third-order valence-corrected chi connectivity index (χ3v) is 5.58. The summed E-state index contributed by atoms with van der Waals surface area (Å²) >= 11 is 0. The van der Waals surface area contributed by atoms with Crippen molar-refractivity contribution in [1.82, 2.24) is 10.4 Å². The van der Waals surface area contributed by atoms with Crippen LogP contribution in [0.3, 0.4) is 0 Å². The molecule has 2 atom stereocenters. The summed E-state index contributed by atoms with van der Waals surface area (Å²) in [6, 6.07) is 5.72. The lowest BCUT2D eigenvalue weighted by Crippen LogP contribution is -2.52. The molecule has 0 saturated carbocycles. The molecule has 2 aliphatic rings. The van der Waals surface area contributed by atoms with Gasteiger partial charge in [-0.3, -0.25) is 15.2 Å². The molecule has 2 heterocycles. The molecular weight excluding hydrogens is 384 g/mol. The number of carbonyl (C=O) groups excluding carboxylic acids is 2. The Bertz CT molecular complexity index is 805. The summed E-state index contributed by atoms with van der Waals surface area (Å²) in [4.78, 5) is 28.5. The number of carbonyl (C=O) groups is 2. The van der Waals surface area contributed by atoms with E-state index in [1.165, 1.54) is 7.11 Å². The first-order valence-corrected chi connectivity index (χ1v) is 10.5. The standard InChI is InChI=1S/C22H34N4O4/c1-14(2)30-20(27)24-12-15(3)26(21(28)29-7)18-9-8-16(10-19(18)24)17-11-23-25(13-17)22(4,5)6/h8-10,14-15,17,23H,11-13H2,1-7H3/t15-,17?/m0/s1. The van der Waals surface area contributed by atoms with E-state index in [4.69, 9.17) is 9.47 Å². The number of nitrogens with one attached hydrogen (secondary N) is 1. The van der Waals surface area contributed by atoms with Crippen LogP contribution in [-0.2, 0) is 9.47 Å². The van der Waals surface area contributed by atoms with Crippen molar-refractivity contribution in [3.63, 3.8) is 0 Å². The van der Waals surface area contributed by atoms with E-state index in [-0.39, 0.29) is 23.6 Å². The maximum atomic E-state index is 12.8. The summed E-state index contributed by atoms with van der Waals surface area (Å²) in [6.07, 6.45) is -1.06. The zero-order chi connectivity index (χ0) is 22.2. The molecule has 2 aliphatic heterocycles. The summed E-state index contributed by atoms with van der Waals surface area (Å²) in [7, 11) is 1.37. The Morgan fingerprint density at radius 2 is 1.83 bits per heavy atom. The number of benzene rings is 1. The lowest BCUT2D eigenvalue weighted by molar-refractivity contribution is 0.114. The molecular formula is C22H34N4O4. The summed E-state index contributed by atoms with van der Waals surface area (Å²) < 4.78 is 10.5. The van der Waals surface area contributed by atoms with E-state index in [2.05, 4.69) is 31.2 Å². The number of hydrogen-bond donors (Lipinski definition) is 1. The van der Waals surface area contributed by atoms with Crippen LogP contribution >= 0.6 is 0 Å². The van der Waals surface area contributed by atoms with E-state index in [0.717, 1.165) is 18.7 Å². The molecule has 0 radical (unpaired) electrons. The van der Waals surface area contributed by atoms with E-state index in [0.29, 0.717) is 17.9 Å². The zero-order valence-electron chi connectivity index (χ0n) is 19.1. The third kappa shape index (κ3) is 4.39. The van der Waals surface area contributed by atoms with Gasteiger partial charge in [0.2, 0.25) is 0 Å². The van der Waals surface area contributed by atoms with Gasteiger partial charge in [0, 0.05) is 24.5 Å². The predicted octanol–water partition coefficient (Wildman–Crippen LogP) is 3.72. The van der Waals surface area contributed by atoms with Crippen LogP contribution in [0.1, 0.15) is 53.0 Å². The molecule has 1 aromatic carbocycles. The molecule has 0 aliphatic carbocycles. The minimum Gasteiger partial charge on any atom is -0.452 e. The molecule has 1 fully saturated rings. The Labute approximate surface area is 179 Å². The van der Waals surface area contributed by atoms with Crippen LogP contribution in [0.5, 0.6) is 0 Å². The van der Waals surface area contributed by atoms with E-state index in [1.54, 1.807) is 9.80 Å². The molecule has 0 aromatic heterocycles. The predicted molar refractivity (Wildman–Crippen MR) is 117 cm³/mol. The zero-order valence-corrected chi connectivity index (χ0v) is 19.1. The van der Waals surface area contributed by atoms with Crippen molar-refractivity contribution in [2.75, 3.05) is 36.5 Å². The fourth-order valence-electron chi connectivity index (χ4n) is 4.01. The number of methoxy groups -OCH3 is 1. The molecule has 166 valence electrons. The van der Waals surface area contributed by atoms with Gasteiger partial charge in [0.05, 0.1) is 37.2 Å². The maximum absolute atomic E-state index is 12.8. The van der Waals surface area contributed by atoms with E-state index in [9.17, 15) is 9.59 Å². The number of hydrazine groups is 1. The number of fused-ring (bicyclic) bond motifs is 1. The van der Waals surface area contributed by atoms with Crippen molar-refractivity contribution in [2.24, 2.45) is 0 Å². The monoisotopic (exact) mass is 418 g/mol. The highest BCUT2D eigenvalue weighted by Crippen LogP contribution is 2.39. The van der Waals surface area contributed by atoms with Gasteiger partial charge in [0.25, 0.3) is 0 Å². The van der Waals surface area contributed by atoms with E-state index in [1.807, 2.05) is 39.0 Å². The quantitative estimate of drug-likeness (QED) is 0.789. The minimum atomic E-state index is -0.435. The van der Waals surface area contributed by atoms with Gasteiger partial charge >= 0.3 is 12.2 Å². The molecule has 2 amide bonds. The van der Waals surface area contributed by atoms with Gasteiger partial charge in [-0.25, -0.2) is 14.6 Å². The van der Waals surface area contributed by atoms with Gasteiger partial charge in [-0.15, -0.1) is 0 Å². The fourth-order valence-corrected chi connectivity index (χ4v) is 4.01. The Balaban J connectivity index is 1.98. The van der Waals surface area contributed by atoms with Gasteiger partial charge in [-0.05, 0) is 59.2 Å². The van der Waals surface area contributed by atoms with Crippen molar-refractivity contribution in [1.29, 1.82) is 0 Å². The van der Waals surface area contributed by atoms with Crippen LogP contribution in [0.4, 0.5) is 21.0 Å². The van der Waals surface area contributed by atoms with Gasteiger partial charge in [0.15, 0.2) is 0 Å². The number of ether oxygens (including phenoxy) is 2. The summed E-state index contributed by atoms with van der Waals surface area (Å²) in [6.45, 7) is 14.1. The SMILES string of the molecule is COC(=O)N1c2ccc(C3CNN(C(C)(C)C)C3)cc2N(C(=O)OC(C)C)C[C@@H]1C. The van der Waals surface area contributed by atoms with Crippen molar-refractivity contribution < 1.29 is 19.1 Å². The van der Waals surface area contributed by atoms with Crippen molar-refractivity contribution in [3.8, 4) is 0 Å². The van der Waals surface area contributed by atoms with Crippen LogP contribution in [0.25, 0.3) is 0 Å². The van der Waals surface area contributed by atoms with Gasteiger partial charge in [-0.1, -0.05) is 6.07 Å². The Morgan fingerprint density at radius 3 is 2.40 bits per heavy atom. The van der Waals surface area contributed by atoms with Crippen molar-refractivity contribution in [2.45, 2.75) is 65.1 Å². The van der Waals surface area contributed by atoms with Crippen molar-refractivity contribution >= 4 is 23.6 Å². The second-order valence-corrected chi connectivity index (χ2v) is 9.32. The topological polar surface area (TPSA) is 74.4 Å². The van der Waals surface area contributed by atoms with Gasteiger partial charge < -0.3 is 9.47 Å². The first-order chi connectivity index (χ1) is 14.0.